The molecule has 0 bridgehead atoms. The normalized spacial score (nSPS) is 23.9. The first kappa shape index (κ1) is 24.6. The Bertz CT molecular complexity index is 781. The third kappa shape index (κ3) is 6.04. The molecule has 0 aliphatic carbocycles. The van der Waals surface area contributed by atoms with E-state index < -0.39 is 29.1 Å². The van der Waals surface area contributed by atoms with Crippen molar-refractivity contribution in [1.29, 1.82) is 0 Å². The molecule has 2 saturated heterocycles. The van der Waals surface area contributed by atoms with Crippen molar-refractivity contribution in [2.45, 2.75) is 58.8 Å². The van der Waals surface area contributed by atoms with Gasteiger partial charge in [0.15, 0.2) is 0 Å². The summed E-state index contributed by atoms with van der Waals surface area (Å²) in [6, 6.07) is 2.43. The number of hydrogen-bond donors (Lipinski definition) is 1. The molecule has 1 N–H and O–H groups in total. The summed E-state index contributed by atoms with van der Waals surface area (Å²) in [5.74, 6) is -2.68. The van der Waals surface area contributed by atoms with Crippen molar-refractivity contribution in [2.75, 3.05) is 32.7 Å². The standard InChI is InChI=1S/C24H35F2N3O3/c1-15(2)22(27-23(30)21-19(25)6-5-7-20(21)26)24(31)29-10-8-18(9-11-29)14-28-12-16(3)32-17(4)13-28/h5-7,15-18,22H,8-14H2,1-4H3,(H,27,30). The molecule has 3 atom stereocenters. The summed E-state index contributed by atoms with van der Waals surface area (Å²) in [6.45, 7) is 11.9. The second-order valence-corrected chi connectivity index (χ2v) is 9.54. The number of morpholine rings is 1. The largest absolute Gasteiger partial charge is 0.373 e. The molecule has 178 valence electrons. The zero-order valence-electron chi connectivity index (χ0n) is 19.4. The van der Waals surface area contributed by atoms with Gasteiger partial charge in [-0.25, -0.2) is 8.78 Å². The fourth-order valence-electron chi connectivity index (χ4n) is 4.77. The molecule has 0 aromatic heterocycles. The lowest BCUT2D eigenvalue weighted by molar-refractivity contribution is -0.136. The number of nitrogens with one attached hydrogen (secondary N) is 1. The lowest BCUT2D eigenvalue weighted by Crippen LogP contribution is -2.54. The van der Waals surface area contributed by atoms with E-state index in [-0.39, 0.29) is 24.0 Å². The van der Waals surface area contributed by atoms with Crippen LogP contribution < -0.4 is 5.32 Å². The predicted octanol–water partition coefficient (Wildman–Crippen LogP) is 3.07. The second-order valence-electron chi connectivity index (χ2n) is 9.54. The van der Waals surface area contributed by atoms with E-state index in [9.17, 15) is 18.4 Å². The van der Waals surface area contributed by atoms with Crippen LogP contribution in [0.5, 0.6) is 0 Å². The number of rotatable bonds is 6. The summed E-state index contributed by atoms with van der Waals surface area (Å²) >= 11 is 0. The number of halogens is 2. The summed E-state index contributed by atoms with van der Waals surface area (Å²) in [5.41, 5.74) is -0.654. The molecule has 6 nitrogen and oxygen atoms in total. The average Bonchev–Trinajstić information content (AvgIpc) is 2.71. The Kier molecular flexibility index (Phi) is 8.22. The van der Waals surface area contributed by atoms with Crippen LogP contribution in [-0.4, -0.2) is 72.6 Å². The van der Waals surface area contributed by atoms with Gasteiger partial charge < -0.3 is 15.0 Å². The van der Waals surface area contributed by atoms with Crippen molar-refractivity contribution in [3.63, 3.8) is 0 Å². The Hall–Kier alpha value is -2.06. The molecule has 0 spiro atoms. The van der Waals surface area contributed by atoms with Gasteiger partial charge in [-0.1, -0.05) is 19.9 Å². The minimum Gasteiger partial charge on any atom is -0.373 e. The van der Waals surface area contributed by atoms with Gasteiger partial charge in [0.1, 0.15) is 23.2 Å². The van der Waals surface area contributed by atoms with Gasteiger partial charge in [-0.2, -0.15) is 0 Å². The molecule has 2 aliphatic heterocycles. The van der Waals surface area contributed by atoms with Gasteiger partial charge >= 0.3 is 0 Å². The van der Waals surface area contributed by atoms with Crippen molar-refractivity contribution in [1.82, 2.24) is 15.1 Å². The number of nitrogens with zero attached hydrogens (tertiary/aromatic N) is 2. The summed E-state index contributed by atoms with van der Waals surface area (Å²) < 4.78 is 33.8. The first-order valence-electron chi connectivity index (χ1n) is 11.6. The Morgan fingerprint density at radius 2 is 1.66 bits per heavy atom. The Morgan fingerprint density at radius 1 is 1.09 bits per heavy atom. The number of piperidine rings is 1. The van der Waals surface area contributed by atoms with Gasteiger partial charge in [-0.3, -0.25) is 14.5 Å². The van der Waals surface area contributed by atoms with Crippen LogP contribution in [0.4, 0.5) is 8.78 Å². The van der Waals surface area contributed by atoms with Crippen LogP contribution in [0.1, 0.15) is 50.9 Å². The summed E-state index contributed by atoms with van der Waals surface area (Å²) in [4.78, 5) is 29.9. The molecule has 0 saturated carbocycles. The zero-order chi connectivity index (χ0) is 23.4. The van der Waals surface area contributed by atoms with E-state index in [1.165, 1.54) is 6.07 Å². The minimum atomic E-state index is -0.940. The molecule has 8 heteroatoms. The van der Waals surface area contributed by atoms with Gasteiger partial charge in [0.05, 0.1) is 12.2 Å². The van der Waals surface area contributed by atoms with Crippen molar-refractivity contribution in [3.05, 3.63) is 35.4 Å². The van der Waals surface area contributed by atoms with Crippen LogP contribution in [0.2, 0.25) is 0 Å². The Balaban J connectivity index is 1.56. The second kappa shape index (κ2) is 10.7. The fourth-order valence-corrected chi connectivity index (χ4v) is 4.77. The number of carbonyl (C=O) groups is 2. The maximum absolute atomic E-state index is 14.0. The summed E-state index contributed by atoms with van der Waals surface area (Å²) in [7, 11) is 0. The molecule has 32 heavy (non-hydrogen) atoms. The van der Waals surface area contributed by atoms with E-state index in [2.05, 4.69) is 24.1 Å². The van der Waals surface area contributed by atoms with E-state index in [1.807, 2.05) is 13.8 Å². The highest BCUT2D eigenvalue weighted by atomic mass is 19.1. The molecule has 0 radical (unpaired) electrons. The van der Waals surface area contributed by atoms with Gasteiger partial charge in [0.2, 0.25) is 5.91 Å². The number of ether oxygens (including phenoxy) is 1. The van der Waals surface area contributed by atoms with Gasteiger partial charge in [-0.15, -0.1) is 0 Å². The zero-order valence-corrected chi connectivity index (χ0v) is 19.4. The topological polar surface area (TPSA) is 61.9 Å². The number of hydrogen-bond acceptors (Lipinski definition) is 4. The van der Waals surface area contributed by atoms with Crippen LogP contribution in [-0.2, 0) is 9.53 Å². The molecule has 3 rings (SSSR count). The molecule has 2 heterocycles. The van der Waals surface area contributed by atoms with E-state index in [4.69, 9.17) is 4.74 Å². The number of benzene rings is 1. The number of carbonyl (C=O) groups excluding carboxylic acids is 2. The third-order valence-corrected chi connectivity index (χ3v) is 6.35. The monoisotopic (exact) mass is 451 g/mol. The fraction of sp³-hybridized carbons (Fsp3) is 0.667. The van der Waals surface area contributed by atoms with E-state index >= 15 is 0 Å². The smallest absolute Gasteiger partial charge is 0.257 e. The van der Waals surface area contributed by atoms with E-state index in [1.54, 1.807) is 4.90 Å². The Labute approximate surface area is 189 Å². The lowest BCUT2D eigenvalue weighted by Gasteiger charge is -2.40. The maximum Gasteiger partial charge on any atom is 0.257 e. The van der Waals surface area contributed by atoms with Crippen molar-refractivity contribution in [2.24, 2.45) is 11.8 Å². The quantitative estimate of drug-likeness (QED) is 0.722. The third-order valence-electron chi connectivity index (χ3n) is 6.35. The van der Waals surface area contributed by atoms with Crippen LogP contribution in [0.3, 0.4) is 0 Å². The first-order chi connectivity index (χ1) is 15.2. The molecule has 1 aromatic rings. The number of amides is 2. The minimum absolute atomic E-state index is 0.197. The highest BCUT2D eigenvalue weighted by Crippen LogP contribution is 2.22. The SMILES string of the molecule is CC1CN(CC2CCN(C(=O)C(NC(=O)c3c(F)cccc3F)C(C)C)CC2)CC(C)O1. The van der Waals surface area contributed by atoms with Crippen LogP contribution in [0.25, 0.3) is 0 Å². The van der Waals surface area contributed by atoms with Gasteiger partial charge in [0, 0.05) is 32.7 Å². The van der Waals surface area contributed by atoms with Crippen LogP contribution in [0.15, 0.2) is 18.2 Å². The molecular weight excluding hydrogens is 416 g/mol. The summed E-state index contributed by atoms with van der Waals surface area (Å²) in [5, 5.41) is 2.57. The molecule has 2 fully saturated rings. The van der Waals surface area contributed by atoms with E-state index in [0.29, 0.717) is 19.0 Å². The summed E-state index contributed by atoms with van der Waals surface area (Å²) in [6.07, 6.45) is 2.25. The molecule has 2 amide bonds. The van der Waals surface area contributed by atoms with Crippen LogP contribution in [0, 0.1) is 23.5 Å². The average molecular weight is 452 g/mol. The molecule has 3 unspecified atom stereocenters. The van der Waals surface area contributed by atoms with Gasteiger partial charge in [0.25, 0.3) is 5.91 Å². The van der Waals surface area contributed by atoms with Gasteiger partial charge in [-0.05, 0) is 50.7 Å². The first-order valence-corrected chi connectivity index (χ1v) is 11.6. The van der Waals surface area contributed by atoms with Crippen molar-refractivity contribution in [3.8, 4) is 0 Å². The van der Waals surface area contributed by atoms with E-state index in [0.717, 1.165) is 44.6 Å². The predicted molar refractivity (Wildman–Crippen MR) is 118 cm³/mol. The highest BCUT2D eigenvalue weighted by Gasteiger charge is 2.33. The molecular formula is C24H35F2N3O3. The Morgan fingerprint density at radius 3 is 2.19 bits per heavy atom. The highest BCUT2D eigenvalue weighted by molar-refractivity contribution is 5.98. The van der Waals surface area contributed by atoms with Crippen LogP contribution >= 0.6 is 0 Å². The van der Waals surface area contributed by atoms with Crippen molar-refractivity contribution < 1.29 is 23.1 Å². The lowest BCUT2D eigenvalue weighted by atomic mass is 9.94. The molecule has 2 aliphatic rings. The molecule has 1 aromatic carbocycles. The maximum atomic E-state index is 14.0. The number of likely N-dealkylation sites (tertiary alicyclic amines) is 1. The van der Waals surface area contributed by atoms with Crippen molar-refractivity contribution >= 4 is 11.8 Å².